The van der Waals surface area contributed by atoms with Gasteiger partial charge in [-0.05, 0) is 26.3 Å². The molecule has 0 bridgehead atoms. The standard InChI is InChI=1S/C18H28N4O3S/c1-4-5-14-10-15(20-19-14)18(23)22-9-8-21(7-6-13(2)3)16-11-26(24,25)12-17(16)22/h6,10,16-17H,4-5,7-9,11-12H2,1-3H3,(H,19,20). The number of allylic oxidation sites excluding steroid dienone is 1. The summed E-state index contributed by atoms with van der Waals surface area (Å²) in [6.07, 6.45) is 3.93. The van der Waals surface area contributed by atoms with Crippen LogP contribution in [0.3, 0.4) is 0 Å². The number of carbonyl (C=O) groups is 1. The van der Waals surface area contributed by atoms with E-state index in [9.17, 15) is 13.2 Å². The Morgan fingerprint density at radius 3 is 2.73 bits per heavy atom. The highest BCUT2D eigenvalue weighted by Gasteiger charge is 2.48. The van der Waals surface area contributed by atoms with Gasteiger partial charge in [0.15, 0.2) is 9.84 Å². The van der Waals surface area contributed by atoms with Gasteiger partial charge in [-0.3, -0.25) is 14.8 Å². The minimum atomic E-state index is -3.14. The zero-order chi connectivity index (χ0) is 18.9. The van der Waals surface area contributed by atoms with E-state index in [0.29, 0.717) is 18.8 Å². The fourth-order valence-electron chi connectivity index (χ4n) is 3.82. The van der Waals surface area contributed by atoms with Crippen LogP contribution in [0.1, 0.15) is 43.4 Å². The van der Waals surface area contributed by atoms with Gasteiger partial charge >= 0.3 is 0 Å². The van der Waals surface area contributed by atoms with Gasteiger partial charge in [0.2, 0.25) is 0 Å². The number of H-pyrrole nitrogens is 1. The van der Waals surface area contributed by atoms with Gasteiger partial charge < -0.3 is 4.90 Å². The number of nitrogens with one attached hydrogen (secondary N) is 1. The van der Waals surface area contributed by atoms with Crippen LogP contribution in [-0.4, -0.2) is 77.5 Å². The van der Waals surface area contributed by atoms with Crippen LogP contribution in [0.4, 0.5) is 0 Å². The molecular formula is C18H28N4O3S. The normalized spacial score (nSPS) is 25.1. The Morgan fingerprint density at radius 1 is 1.31 bits per heavy atom. The van der Waals surface area contributed by atoms with Crippen molar-refractivity contribution in [1.82, 2.24) is 20.0 Å². The highest BCUT2D eigenvalue weighted by molar-refractivity contribution is 7.91. The topological polar surface area (TPSA) is 86.4 Å². The number of hydrogen-bond donors (Lipinski definition) is 1. The average Bonchev–Trinajstić information content (AvgIpc) is 3.15. The first-order valence-electron chi connectivity index (χ1n) is 9.24. The summed E-state index contributed by atoms with van der Waals surface area (Å²) < 4.78 is 24.5. The third kappa shape index (κ3) is 4.01. The van der Waals surface area contributed by atoms with Crippen molar-refractivity contribution in [3.63, 3.8) is 0 Å². The van der Waals surface area contributed by atoms with Crippen LogP contribution in [0.15, 0.2) is 17.7 Å². The molecule has 0 aromatic carbocycles. The Kier molecular flexibility index (Phi) is 5.53. The van der Waals surface area contributed by atoms with E-state index in [0.717, 1.165) is 25.1 Å². The quantitative estimate of drug-likeness (QED) is 0.777. The molecule has 1 N–H and O–H groups in total. The predicted octanol–water partition coefficient (Wildman–Crippen LogP) is 1.25. The van der Waals surface area contributed by atoms with Crippen LogP contribution in [0, 0.1) is 0 Å². The summed E-state index contributed by atoms with van der Waals surface area (Å²) in [7, 11) is -3.14. The molecule has 0 spiro atoms. The van der Waals surface area contributed by atoms with Crippen LogP contribution >= 0.6 is 0 Å². The van der Waals surface area contributed by atoms with Gasteiger partial charge in [-0.25, -0.2) is 8.42 Å². The molecule has 2 unspecified atom stereocenters. The maximum atomic E-state index is 13.0. The van der Waals surface area contributed by atoms with Crippen molar-refractivity contribution in [3.8, 4) is 0 Å². The molecule has 7 nitrogen and oxygen atoms in total. The highest BCUT2D eigenvalue weighted by Crippen LogP contribution is 2.28. The van der Waals surface area contributed by atoms with Crippen LogP contribution < -0.4 is 0 Å². The minimum absolute atomic E-state index is 0.0426. The molecule has 144 valence electrons. The second-order valence-electron chi connectivity index (χ2n) is 7.51. The number of nitrogens with zero attached hydrogens (tertiary/aromatic N) is 3. The van der Waals surface area contributed by atoms with Gasteiger partial charge in [-0.1, -0.05) is 25.0 Å². The van der Waals surface area contributed by atoms with Gasteiger partial charge in [0.25, 0.3) is 5.91 Å². The van der Waals surface area contributed by atoms with Crippen molar-refractivity contribution in [2.45, 2.75) is 45.7 Å². The molecule has 26 heavy (non-hydrogen) atoms. The fourth-order valence-corrected chi connectivity index (χ4v) is 5.83. The summed E-state index contributed by atoms with van der Waals surface area (Å²) in [6, 6.07) is 1.36. The summed E-state index contributed by atoms with van der Waals surface area (Å²) >= 11 is 0. The molecule has 0 saturated carbocycles. The maximum Gasteiger partial charge on any atom is 0.274 e. The monoisotopic (exact) mass is 380 g/mol. The summed E-state index contributed by atoms with van der Waals surface area (Å²) in [5.74, 6) is -0.00159. The molecule has 3 rings (SSSR count). The molecule has 3 heterocycles. The molecular weight excluding hydrogens is 352 g/mol. The Bertz CT molecular complexity index is 795. The average molecular weight is 381 g/mol. The fraction of sp³-hybridized carbons (Fsp3) is 0.667. The number of amides is 1. The van der Waals surface area contributed by atoms with Gasteiger partial charge in [0.05, 0.1) is 17.5 Å². The first-order valence-corrected chi connectivity index (χ1v) is 11.1. The molecule has 8 heteroatoms. The molecule has 2 saturated heterocycles. The second-order valence-corrected chi connectivity index (χ2v) is 9.67. The summed E-state index contributed by atoms with van der Waals surface area (Å²) in [4.78, 5) is 16.9. The number of fused-ring (bicyclic) bond motifs is 1. The number of carbonyl (C=O) groups excluding carboxylic acids is 1. The number of aromatic nitrogens is 2. The first-order chi connectivity index (χ1) is 12.3. The molecule has 0 aliphatic carbocycles. The lowest BCUT2D eigenvalue weighted by Gasteiger charge is -2.43. The van der Waals surface area contributed by atoms with E-state index in [2.05, 4.69) is 28.1 Å². The molecule has 0 radical (unpaired) electrons. The number of rotatable bonds is 5. The van der Waals surface area contributed by atoms with Gasteiger partial charge in [-0.2, -0.15) is 5.10 Å². The Hall–Kier alpha value is -1.67. The zero-order valence-electron chi connectivity index (χ0n) is 15.7. The van der Waals surface area contributed by atoms with Gasteiger partial charge in [0.1, 0.15) is 5.69 Å². The van der Waals surface area contributed by atoms with E-state index in [-0.39, 0.29) is 29.5 Å². The summed E-state index contributed by atoms with van der Waals surface area (Å²) in [5, 5.41) is 7.06. The molecule has 2 aliphatic heterocycles. The lowest BCUT2D eigenvalue weighted by molar-refractivity contribution is 0.0363. The Balaban J connectivity index is 1.80. The van der Waals surface area contributed by atoms with Gasteiger partial charge in [-0.15, -0.1) is 0 Å². The number of sulfone groups is 1. The van der Waals surface area contributed by atoms with E-state index < -0.39 is 9.84 Å². The van der Waals surface area contributed by atoms with Crippen LogP contribution in [-0.2, 0) is 16.3 Å². The van der Waals surface area contributed by atoms with E-state index in [1.165, 1.54) is 5.57 Å². The second kappa shape index (κ2) is 7.52. The zero-order valence-corrected chi connectivity index (χ0v) is 16.6. The van der Waals surface area contributed by atoms with Crippen molar-refractivity contribution in [2.24, 2.45) is 0 Å². The molecule has 1 amide bonds. The van der Waals surface area contributed by atoms with Gasteiger partial charge in [0, 0.05) is 31.4 Å². The third-order valence-corrected chi connectivity index (χ3v) is 6.85. The Labute approximate surface area is 155 Å². The molecule has 1 aromatic rings. The van der Waals surface area contributed by atoms with Crippen molar-refractivity contribution >= 4 is 15.7 Å². The summed E-state index contributed by atoms with van der Waals surface area (Å²) in [6.45, 7) is 8.08. The van der Waals surface area contributed by atoms with Crippen LogP contribution in [0.25, 0.3) is 0 Å². The predicted molar refractivity (Wildman–Crippen MR) is 101 cm³/mol. The van der Waals surface area contributed by atoms with Crippen molar-refractivity contribution in [1.29, 1.82) is 0 Å². The molecule has 1 aromatic heterocycles. The largest absolute Gasteiger partial charge is 0.330 e. The smallest absolute Gasteiger partial charge is 0.274 e. The first kappa shape index (κ1) is 19.1. The number of hydrogen-bond acceptors (Lipinski definition) is 5. The molecule has 2 aliphatic rings. The van der Waals surface area contributed by atoms with E-state index in [1.54, 1.807) is 11.0 Å². The van der Waals surface area contributed by atoms with Crippen LogP contribution in [0.5, 0.6) is 0 Å². The highest BCUT2D eigenvalue weighted by atomic mass is 32.2. The number of aromatic amines is 1. The minimum Gasteiger partial charge on any atom is -0.330 e. The SMILES string of the molecule is CCCc1cc(C(=O)N2CCN(CC=C(C)C)C3CS(=O)(=O)CC32)n[nH]1. The Morgan fingerprint density at radius 2 is 2.04 bits per heavy atom. The number of aryl methyl sites for hydroxylation is 1. The van der Waals surface area contributed by atoms with Crippen LogP contribution in [0.2, 0.25) is 0 Å². The third-order valence-electron chi connectivity index (χ3n) is 5.16. The van der Waals surface area contributed by atoms with E-state index in [4.69, 9.17) is 0 Å². The summed E-state index contributed by atoms with van der Waals surface area (Å²) in [5.41, 5.74) is 2.53. The lowest BCUT2D eigenvalue weighted by Crippen LogP contribution is -2.60. The lowest BCUT2D eigenvalue weighted by atomic mass is 10.0. The number of piperazine rings is 1. The molecule has 2 fully saturated rings. The van der Waals surface area contributed by atoms with Crippen molar-refractivity contribution in [3.05, 3.63) is 29.1 Å². The van der Waals surface area contributed by atoms with Crippen molar-refractivity contribution in [2.75, 3.05) is 31.1 Å². The maximum absolute atomic E-state index is 13.0. The molecule has 2 atom stereocenters. The van der Waals surface area contributed by atoms with E-state index in [1.807, 2.05) is 13.8 Å². The van der Waals surface area contributed by atoms with E-state index >= 15 is 0 Å². The van der Waals surface area contributed by atoms with Crippen molar-refractivity contribution < 1.29 is 13.2 Å².